The summed E-state index contributed by atoms with van der Waals surface area (Å²) in [6.07, 6.45) is 5.61. The minimum absolute atomic E-state index is 0. The summed E-state index contributed by atoms with van der Waals surface area (Å²) >= 11 is 0. The number of methoxy groups -OCH3 is 1. The Labute approximate surface area is 203 Å². The number of halogens is 1. The second-order valence-corrected chi connectivity index (χ2v) is 8.70. The second kappa shape index (κ2) is 10.5. The predicted octanol–water partition coefficient (Wildman–Crippen LogP) is 7.19. The molecule has 0 saturated carbocycles. The summed E-state index contributed by atoms with van der Waals surface area (Å²) in [7, 11) is 1.74. The monoisotopic (exact) mass is 461 g/mol. The lowest BCUT2D eigenvalue weighted by Crippen LogP contribution is -2.32. The molecule has 172 valence electrons. The van der Waals surface area contributed by atoms with E-state index in [1.165, 1.54) is 46.2 Å². The van der Waals surface area contributed by atoms with Crippen molar-refractivity contribution in [3.63, 3.8) is 0 Å². The van der Waals surface area contributed by atoms with Gasteiger partial charge >= 0.3 is 0 Å². The molecule has 0 aromatic heterocycles. The molecule has 0 spiro atoms. The zero-order valence-corrected chi connectivity index (χ0v) is 20.2. The van der Waals surface area contributed by atoms with Crippen molar-refractivity contribution in [2.24, 2.45) is 0 Å². The number of rotatable bonds is 6. The van der Waals surface area contributed by atoms with Crippen molar-refractivity contribution in [1.29, 1.82) is 0 Å². The maximum absolute atomic E-state index is 6.23. The lowest BCUT2D eigenvalue weighted by molar-refractivity contribution is -0.0710. The fourth-order valence-electron chi connectivity index (χ4n) is 5.11. The van der Waals surface area contributed by atoms with Crippen LogP contribution in [0.3, 0.4) is 0 Å². The van der Waals surface area contributed by atoms with Crippen LogP contribution in [0.2, 0.25) is 0 Å². The molecule has 4 heteroatoms. The standard InChI is InChI=1S/C29H31NO2.ClH/c1-3-24-10-7-19-30(24)32-25-14-11-22(12-15-25)29-27(21-8-5-4-6-9-21)17-13-23-20-26(31-2)16-18-28(23)29;/h4-6,8-9,11-12,14-16,18,20,24H,3,7,10,13,17,19H2,1-2H3;1H. The molecule has 0 amide bonds. The first-order chi connectivity index (χ1) is 15.8. The van der Waals surface area contributed by atoms with Crippen LogP contribution in [-0.2, 0) is 6.42 Å². The third kappa shape index (κ3) is 4.80. The molecule has 3 aromatic carbocycles. The summed E-state index contributed by atoms with van der Waals surface area (Å²) in [5.41, 5.74) is 7.90. The Morgan fingerprint density at radius 3 is 2.36 bits per heavy atom. The van der Waals surface area contributed by atoms with Crippen LogP contribution in [0.4, 0.5) is 0 Å². The number of aryl methyl sites for hydroxylation is 1. The fourth-order valence-corrected chi connectivity index (χ4v) is 5.11. The highest BCUT2D eigenvalue weighted by Crippen LogP contribution is 2.42. The summed E-state index contributed by atoms with van der Waals surface area (Å²) in [6, 6.07) is 26.4. The molecule has 1 heterocycles. The van der Waals surface area contributed by atoms with E-state index < -0.39 is 0 Å². The van der Waals surface area contributed by atoms with Crippen LogP contribution >= 0.6 is 12.4 Å². The predicted molar refractivity (Wildman–Crippen MR) is 138 cm³/mol. The van der Waals surface area contributed by atoms with Gasteiger partial charge in [0.2, 0.25) is 0 Å². The topological polar surface area (TPSA) is 21.7 Å². The molecule has 5 rings (SSSR count). The van der Waals surface area contributed by atoms with Gasteiger partial charge in [-0.15, -0.1) is 17.5 Å². The van der Waals surface area contributed by atoms with Crippen LogP contribution in [-0.4, -0.2) is 24.8 Å². The van der Waals surface area contributed by atoms with E-state index in [-0.39, 0.29) is 12.4 Å². The van der Waals surface area contributed by atoms with Crippen molar-refractivity contribution in [2.75, 3.05) is 13.7 Å². The van der Waals surface area contributed by atoms with Gasteiger partial charge in [0.25, 0.3) is 0 Å². The SMILES string of the molecule is CCC1CCCN1Oc1ccc(C2=C(c3ccccc3)CCc3cc(OC)ccc32)cc1.Cl. The van der Waals surface area contributed by atoms with Crippen molar-refractivity contribution in [2.45, 2.75) is 45.1 Å². The molecule has 0 bridgehead atoms. The van der Waals surface area contributed by atoms with Gasteiger partial charge in [0.1, 0.15) is 11.5 Å². The second-order valence-electron chi connectivity index (χ2n) is 8.70. The molecule has 3 aromatic rings. The third-order valence-electron chi connectivity index (χ3n) is 6.81. The maximum atomic E-state index is 6.23. The van der Waals surface area contributed by atoms with Gasteiger partial charge in [-0.1, -0.05) is 55.5 Å². The number of ether oxygens (including phenoxy) is 1. The minimum Gasteiger partial charge on any atom is -0.497 e. The maximum Gasteiger partial charge on any atom is 0.147 e. The van der Waals surface area contributed by atoms with Crippen LogP contribution in [0.25, 0.3) is 11.1 Å². The Balaban J connectivity index is 0.00000259. The molecule has 3 nitrogen and oxygen atoms in total. The quantitative estimate of drug-likeness (QED) is 0.387. The summed E-state index contributed by atoms with van der Waals surface area (Å²) in [5, 5.41) is 2.16. The van der Waals surface area contributed by atoms with Gasteiger partial charge in [-0.05, 0) is 89.8 Å². The Hall–Kier alpha value is -2.75. The molecular weight excluding hydrogens is 430 g/mol. The zero-order valence-electron chi connectivity index (χ0n) is 19.4. The number of hydrogen-bond acceptors (Lipinski definition) is 3. The van der Waals surface area contributed by atoms with Crippen molar-refractivity contribution >= 4 is 23.6 Å². The molecular formula is C29H32ClNO2. The largest absolute Gasteiger partial charge is 0.497 e. The van der Waals surface area contributed by atoms with E-state index in [1.54, 1.807) is 7.11 Å². The molecule has 33 heavy (non-hydrogen) atoms. The van der Waals surface area contributed by atoms with Crippen molar-refractivity contribution in [3.05, 3.63) is 95.1 Å². The van der Waals surface area contributed by atoms with Crippen LogP contribution in [0.15, 0.2) is 72.8 Å². The first kappa shape index (κ1) is 23.4. The van der Waals surface area contributed by atoms with Gasteiger partial charge in [0.05, 0.1) is 7.11 Å². The first-order valence-electron chi connectivity index (χ1n) is 11.8. The van der Waals surface area contributed by atoms with Gasteiger partial charge < -0.3 is 9.57 Å². The van der Waals surface area contributed by atoms with Gasteiger partial charge in [0, 0.05) is 12.6 Å². The van der Waals surface area contributed by atoms with E-state index in [4.69, 9.17) is 9.57 Å². The molecule has 1 unspecified atom stereocenters. The van der Waals surface area contributed by atoms with Gasteiger partial charge in [-0.2, -0.15) is 0 Å². The molecule has 1 aliphatic heterocycles. The summed E-state index contributed by atoms with van der Waals surface area (Å²) < 4.78 is 5.49. The highest BCUT2D eigenvalue weighted by atomic mass is 35.5. The van der Waals surface area contributed by atoms with E-state index in [2.05, 4.69) is 84.8 Å². The van der Waals surface area contributed by atoms with E-state index in [0.29, 0.717) is 6.04 Å². The number of allylic oxidation sites excluding steroid dienone is 1. The third-order valence-corrected chi connectivity index (χ3v) is 6.81. The molecule has 1 fully saturated rings. The zero-order chi connectivity index (χ0) is 21.9. The Bertz CT molecular complexity index is 1110. The van der Waals surface area contributed by atoms with Gasteiger partial charge in [-0.25, -0.2) is 0 Å². The molecule has 1 saturated heterocycles. The van der Waals surface area contributed by atoms with Crippen LogP contribution in [0, 0.1) is 0 Å². The number of hydroxylamine groups is 2. The van der Waals surface area contributed by atoms with E-state index in [0.717, 1.165) is 37.3 Å². The molecule has 1 aliphatic carbocycles. The van der Waals surface area contributed by atoms with Crippen LogP contribution in [0.5, 0.6) is 11.5 Å². The van der Waals surface area contributed by atoms with Crippen molar-refractivity contribution in [1.82, 2.24) is 5.06 Å². The lowest BCUT2D eigenvalue weighted by atomic mass is 9.79. The smallest absolute Gasteiger partial charge is 0.147 e. The van der Waals surface area contributed by atoms with Crippen LogP contribution in [0.1, 0.15) is 54.9 Å². The summed E-state index contributed by atoms with van der Waals surface area (Å²) in [4.78, 5) is 6.23. The van der Waals surface area contributed by atoms with E-state index in [1.807, 2.05) is 0 Å². The first-order valence-corrected chi connectivity index (χ1v) is 11.8. The van der Waals surface area contributed by atoms with Crippen molar-refractivity contribution < 1.29 is 9.57 Å². The Kier molecular flexibility index (Phi) is 7.42. The average Bonchev–Trinajstić information content (AvgIpc) is 3.31. The molecule has 0 radical (unpaired) electrons. The lowest BCUT2D eigenvalue weighted by Gasteiger charge is -2.26. The Morgan fingerprint density at radius 1 is 0.879 bits per heavy atom. The van der Waals surface area contributed by atoms with E-state index in [9.17, 15) is 0 Å². The number of nitrogens with zero attached hydrogens (tertiary/aromatic N) is 1. The van der Waals surface area contributed by atoms with Gasteiger partial charge in [-0.3, -0.25) is 0 Å². The normalized spacial score (nSPS) is 17.9. The minimum atomic E-state index is 0. The van der Waals surface area contributed by atoms with E-state index >= 15 is 0 Å². The van der Waals surface area contributed by atoms with Crippen molar-refractivity contribution in [3.8, 4) is 11.5 Å². The Morgan fingerprint density at radius 2 is 1.64 bits per heavy atom. The molecule has 0 N–H and O–H groups in total. The highest BCUT2D eigenvalue weighted by molar-refractivity contribution is 6.00. The average molecular weight is 462 g/mol. The number of hydrogen-bond donors (Lipinski definition) is 0. The number of benzene rings is 3. The summed E-state index contributed by atoms with van der Waals surface area (Å²) in [6.45, 7) is 3.25. The molecule has 1 atom stereocenters. The molecule has 2 aliphatic rings. The fraction of sp³-hybridized carbons (Fsp3) is 0.310. The van der Waals surface area contributed by atoms with Gasteiger partial charge in [0.15, 0.2) is 0 Å². The number of fused-ring (bicyclic) bond motifs is 1. The summed E-state index contributed by atoms with van der Waals surface area (Å²) in [5.74, 6) is 1.84. The van der Waals surface area contributed by atoms with Crippen LogP contribution < -0.4 is 9.57 Å². The highest BCUT2D eigenvalue weighted by Gasteiger charge is 2.25.